The van der Waals surface area contributed by atoms with Crippen molar-refractivity contribution in [2.24, 2.45) is 23.7 Å². The second kappa shape index (κ2) is 12.1. The molecule has 0 spiro atoms. The molecule has 0 bridgehead atoms. The fourth-order valence-corrected chi connectivity index (χ4v) is 4.89. The van der Waals surface area contributed by atoms with Crippen molar-refractivity contribution in [1.29, 1.82) is 0 Å². The van der Waals surface area contributed by atoms with E-state index in [0.717, 1.165) is 44.9 Å². The SMILES string of the molecule is CCCCNC(=O)[C@@H]1[C@H]2C=C[C@@H](CC)[C@@H](C(=O)NC)[C@@H]2C(=O)N1CCCCCCO. The summed E-state index contributed by atoms with van der Waals surface area (Å²) in [5.74, 6) is -1.51. The minimum absolute atomic E-state index is 0.00320. The summed E-state index contributed by atoms with van der Waals surface area (Å²) in [6.45, 7) is 5.38. The van der Waals surface area contributed by atoms with Gasteiger partial charge in [-0.25, -0.2) is 0 Å². The van der Waals surface area contributed by atoms with Crippen molar-refractivity contribution in [1.82, 2.24) is 15.5 Å². The largest absolute Gasteiger partial charge is 0.396 e. The number of hydrogen-bond acceptors (Lipinski definition) is 4. The lowest BCUT2D eigenvalue weighted by atomic mass is 9.69. The Morgan fingerprint density at radius 1 is 1.07 bits per heavy atom. The van der Waals surface area contributed by atoms with Crippen LogP contribution in [0.1, 0.15) is 58.8 Å². The van der Waals surface area contributed by atoms with Crippen molar-refractivity contribution >= 4 is 17.7 Å². The molecule has 2 aliphatic rings. The summed E-state index contributed by atoms with van der Waals surface area (Å²) >= 11 is 0. The molecule has 0 aromatic carbocycles. The van der Waals surface area contributed by atoms with Gasteiger partial charge >= 0.3 is 0 Å². The highest BCUT2D eigenvalue weighted by Gasteiger charge is 2.56. The van der Waals surface area contributed by atoms with Gasteiger partial charge in [0.25, 0.3) is 0 Å². The average molecular weight is 422 g/mol. The molecule has 1 saturated heterocycles. The van der Waals surface area contributed by atoms with Crippen molar-refractivity contribution in [3.05, 3.63) is 12.2 Å². The Kier molecular flexibility index (Phi) is 9.82. The van der Waals surface area contributed by atoms with Crippen LogP contribution < -0.4 is 10.6 Å². The molecule has 0 saturated carbocycles. The average Bonchev–Trinajstić information content (AvgIpc) is 3.04. The Labute approximate surface area is 180 Å². The lowest BCUT2D eigenvalue weighted by molar-refractivity contribution is -0.140. The third kappa shape index (κ3) is 5.42. The first-order valence-electron chi connectivity index (χ1n) is 11.6. The van der Waals surface area contributed by atoms with E-state index in [0.29, 0.717) is 13.1 Å². The normalized spacial score (nSPS) is 27.8. The van der Waals surface area contributed by atoms with Gasteiger partial charge in [0.1, 0.15) is 6.04 Å². The fraction of sp³-hybridized carbons (Fsp3) is 0.783. The monoisotopic (exact) mass is 421 g/mol. The van der Waals surface area contributed by atoms with Gasteiger partial charge in [0.15, 0.2) is 0 Å². The van der Waals surface area contributed by atoms with Gasteiger partial charge in [-0.05, 0) is 31.6 Å². The molecule has 1 aliphatic carbocycles. The first-order valence-corrected chi connectivity index (χ1v) is 11.6. The quantitative estimate of drug-likeness (QED) is 0.331. The van der Waals surface area contributed by atoms with E-state index in [9.17, 15) is 14.4 Å². The molecule has 0 unspecified atom stereocenters. The fourth-order valence-electron chi connectivity index (χ4n) is 4.89. The van der Waals surface area contributed by atoms with Gasteiger partial charge in [-0.2, -0.15) is 0 Å². The molecule has 3 amide bonds. The Bertz CT molecular complexity index is 622. The maximum absolute atomic E-state index is 13.5. The molecule has 0 aromatic rings. The van der Waals surface area contributed by atoms with Crippen LogP contribution in [0.4, 0.5) is 0 Å². The first-order chi connectivity index (χ1) is 14.5. The van der Waals surface area contributed by atoms with E-state index >= 15 is 0 Å². The van der Waals surface area contributed by atoms with Gasteiger partial charge < -0.3 is 20.6 Å². The van der Waals surface area contributed by atoms with Crippen LogP contribution in [-0.2, 0) is 14.4 Å². The van der Waals surface area contributed by atoms with Crippen LogP contribution in [0.5, 0.6) is 0 Å². The zero-order valence-corrected chi connectivity index (χ0v) is 18.7. The molecule has 170 valence electrons. The molecule has 5 atom stereocenters. The van der Waals surface area contributed by atoms with E-state index in [4.69, 9.17) is 5.11 Å². The highest BCUT2D eigenvalue weighted by atomic mass is 16.3. The van der Waals surface area contributed by atoms with Crippen LogP contribution in [0.2, 0.25) is 0 Å². The zero-order valence-electron chi connectivity index (χ0n) is 18.7. The minimum Gasteiger partial charge on any atom is -0.396 e. The third-order valence-electron chi connectivity index (χ3n) is 6.54. The van der Waals surface area contributed by atoms with E-state index in [1.54, 1.807) is 11.9 Å². The van der Waals surface area contributed by atoms with E-state index < -0.39 is 17.9 Å². The number of nitrogens with one attached hydrogen (secondary N) is 2. The topological polar surface area (TPSA) is 98.7 Å². The van der Waals surface area contributed by atoms with Crippen molar-refractivity contribution in [2.75, 3.05) is 26.7 Å². The lowest BCUT2D eigenvalue weighted by Gasteiger charge is -2.33. The molecule has 30 heavy (non-hydrogen) atoms. The van der Waals surface area contributed by atoms with Gasteiger partial charge in [0.2, 0.25) is 17.7 Å². The molecular formula is C23H39N3O4. The van der Waals surface area contributed by atoms with E-state index in [2.05, 4.69) is 17.6 Å². The molecule has 2 rings (SSSR count). The summed E-state index contributed by atoms with van der Waals surface area (Å²) in [7, 11) is 1.61. The summed E-state index contributed by atoms with van der Waals surface area (Å²) in [5.41, 5.74) is 0. The number of fused-ring (bicyclic) bond motifs is 1. The molecular weight excluding hydrogens is 382 g/mol. The molecule has 1 heterocycles. The minimum atomic E-state index is -0.557. The number of amides is 3. The van der Waals surface area contributed by atoms with Crippen molar-refractivity contribution in [2.45, 2.75) is 64.8 Å². The van der Waals surface area contributed by atoms with Crippen LogP contribution in [-0.4, -0.2) is 60.5 Å². The van der Waals surface area contributed by atoms with Gasteiger partial charge in [-0.15, -0.1) is 0 Å². The number of aliphatic hydroxyl groups is 1. The van der Waals surface area contributed by atoms with Gasteiger partial charge in [-0.1, -0.05) is 45.3 Å². The summed E-state index contributed by atoms with van der Waals surface area (Å²) in [4.78, 5) is 41.0. The summed E-state index contributed by atoms with van der Waals surface area (Å²) in [6.07, 6.45) is 10.0. The van der Waals surface area contributed by atoms with Crippen LogP contribution in [0, 0.1) is 23.7 Å². The Balaban J connectivity index is 2.26. The number of aliphatic hydroxyl groups excluding tert-OH is 1. The number of hydrogen-bond donors (Lipinski definition) is 3. The number of allylic oxidation sites excluding steroid dienone is 1. The van der Waals surface area contributed by atoms with E-state index in [1.165, 1.54) is 0 Å². The molecule has 1 fully saturated rings. The molecule has 0 radical (unpaired) electrons. The predicted octanol–water partition coefficient (Wildman–Crippen LogP) is 1.86. The zero-order chi connectivity index (χ0) is 22.1. The number of carbonyl (C=O) groups is 3. The number of carbonyl (C=O) groups excluding carboxylic acids is 3. The van der Waals surface area contributed by atoms with Gasteiger partial charge in [0, 0.05) is 32.7 Å². The van der Waals surface area contributed by atoms with Crippen LogP contribution in [0.3, 0.4) is 0 Å². The molecule has 0 aromatic heterocycles. The standard InChI is InChI=1S/C23H39N3O4/c1-4-6-13-25-22(29)20-17-12-11-16(5-2)18(21(28)24-3)19(17)23(30)26(20)14-9-7-8-10-15-27/h11-12,16-20,27H,4-10,13-15H2,1-3H3,(H,24,28)(H,25,29)/t16-,17+,18-,19-,20+/m1/s1. The van der Waals surface area contributed by atoms with Crippen molar-refractivity contribution in [3.8, 4) is 0 Å². The number of likely N-dealkylation sites (tertiary alicyclic amines) is 1. The molecule has 1 aliphatic heterocycles. The molecule has 7 nitrogen and oxygen atoms in total. The molecule has 7 heteroatoms. The summed E-state index contributed by atoms with van der Waals surface area (Å²) in [5, 5.41) is 14.7. The Morgan fingerprint density at radius 2 is 1.80 bits per heavy atom. The number of nitrogens with zero attached hydrogens (tertiary/aromatic N) is 1. The van der Waals surface area contributed by atoms with Crippen molar-refractivity contribution < 1.29 is 19.5 Å². The highest BCUT2D eigenvalue weighted by Crippen LogP contribution is 2.44. The maximum Gasteiger partial charge on any atom is 0.243 e. The lowest BCUT2D eigenvalue weighted by Crippen LogP contribution is -2.48. The summed E-state index contributed by atoms with van der Waals surface area (Å²) < 4.78 is 0. The first kappa shape index (κ1) is 24.4. The van der Waals surface area contributed by atoms with Crippen LogP contribution >= 0.6 is 0 Å². The highest BCUT2D eigenvalue weighted by molar-refractivity contribution is 5.96. The Morgan fingerprint density at radius 3 is 2.43 bits per heavy atom. The van der Waals surface area contributed by atoms with Crippen LogP contribution in [0.15, 0.2) is 12.2 Å². The predicted molar refractivity (Wildman–Crippen MR) is 116 cm³/mol. The van der Waals surface area contributed by atoms with Gasteiger partial charge in [0.05, 0.1) is 11.8 Å². The van der Waals surface area contributed by atoms with E-state index in [1.807, 2.05) is 19.1 Å². The second-order valence-corrected chi connectivity index (χ2v) is 8.46. The molecule has 3 N–H and O–H groups in total. The second-order valence-electron chi connectivity index (χ2n) is 8.46. The van der Waals surface area contributed by atoms with E-state index in [-0.39, 0.29) is 36.2 Å². The van der Waals surface area contributed by atoms with Crippen molar-refractivity contribution in [3.63, 3.8) is 0 Å². The van der Waals surface area contributed by atoms with Gasteiger partial charge in [-0.3, -0.25) is 14.4 Å². The Hall–Kier alpha value is -1.89. The van der Waals surface area contributed by atoms with Crippen LogP contribution in [0.25, 0.3) is 0 Å². The number of rotatable bonds is 12. The third-order valence-corrected chi connectivity index (χ3v) is 6.54. The smallest absolute Gasteiger partial charge is 0.243 e. The maximum atomic E-state index is 13.5. The summed E-state index contributed by atoms with van der Waals surface area (Å²) in [6, 6.07) is -0.557. The number of unbranched alkanes of at least 4 members (excludes halogenated alkanes) is 4.